The monoisotopic (exact) mass is 418 g/mol. The Hall–Kier alpha value is -3.21. The Morgan fingerprint density at radius 1 is 1.10 bits per heavy atom. The average Bonchev–Trinajstić information content (AvgIpc) is 3.30. The molecule has 0 N–H and O–H groups in total. The largest absolute Gasteiger partial charge is 0.496 e. The minimum absolute atomic E-state index is 0.0324. The van der Waals surface area contributed by atoms with Crippen LogP contribution in [0.4, 0.5) is 4.39 Å². The lowest BCUT2D eigenvalue weighted by Gasteiger charge is -2.24. The second-order valence-corrected chi connectivity index (χ2v) is 7.95. The molecular formula is C26H27FN2O2. The molecule has 2 heterocycles. The van der Waals surface area contributed by atoms with Crippen LogP contribution in [0.3, 0.4) is 0 Å². The molecule has 0 spiro atoms. The molecular weight excluding hydrogens is 391 g/mol. The van der Waals surface area contributed by atoms with Gasteiger partial charge < -0.3 is 9.64 Å². The van der Waals surface area contributed by atoms with Crippen molar-refractivity contribution in [1.29, 1.82) is 0 Å². The highest BCUT2D eigenvalue weighted by Gasteiger charge is 2.30. The minimum Gasteiger partial charge on any atom is -0.496 e. The van der Waals surface area contributed by atoms with Gasteiger partial charge in [0.1, 0.15) is 11.6 Å². The maximum atomic E-state index is 13.1. The Kier molecular flexibility index (Phi) is 6.60. The topological polar surface area (TPSA) is 42.4 Å². The summed E-state index contributed by atoms with van der Waals surface area (Å²) >= 11 is 0. The number of ether oxygens (including phenoxy) is 1. The number of aryl methyl sites for hydroxylation is 1. The third-order valence-corrected chi connectivity index (χ3v) is 5.88. The van der Waals surface area contributed by atoms with E-state index < -0.39 is 0 Å². The van der Waals surface area contributed by atoms with Gasteiger partial charge in [0.2, 0.25) is 5.91 Å². The number of hydrogen-bond donors (Lipinski definition) is 0. The number of methoxy groups -OCH3 is 1. The molecule has 3 aromatic rings. The lowest BCUT2D eigenvalue weighted by Crippen LogP contribution is -2.31. The first kappa shape index (κ1) is 21.0. The zero-order valence-electron chi connectivity index (χ0n) is 17.8. The number of benzene rings is 2. The summed E-state index contributed by atoms with van der Waals surface area (Å²) in [5, 5.41) is 0. The molecule has 5 heteroatoms. The summed E-state index contributed by atoms with van der Waals surface area (Å²) < 4.78 is 18.5. The quantitative estimate of drug-likeness (QED) is 0.535. The van der Waals surface area contributed by atoms with Gasteiger partial charge in [-0.3, -0.25) is 9.78 Å². The molecule has 160 valence electrons. The molecule has 1 amide bonds. The van der Waals surface area contributed by atoms with Crippen LogP contribution in [0.5, 0.6) is 5.75 Å². The number of aromatic nitrogens is 1. The number of hydrogen-bond acceptors (Lipinski definition) is 3. The summed E-state index contributed by atoms with van der Waals surface area (Å²) in [6.45, 7) is 0.772. The summed E-state index contributed by atoms with van der Waals surface area (Å²) in [5.41, 5.74) is 4.11. The van der Waals surface area contributed by atoms with Gasteiger partial charge in [0.15, 0.2) is 0 Å². The van der Waals surface area contributed by atoms with Crippen LogP contribution in [0.15, 0.2) is 66.9 Å². The van der Waals surface area contributed by atoms with Gasteiger partial charge in [-0.15, -0.1) is 0 Å². The number of likely N-dealkylation sites (tertiary alicyclic amines) is 1. The fourth-order valence-electron chi connectivity index (χ4n) is 4.24. The number of rotatable bonds is 7. The first-order valence-electron chi connectivity index (χ1n) is 10.7. The lowest BCUT2D eigenvalue weighted by molar-refractivity contribution is -0.132. The molecule has 4 nitrogen and oxygen atoms in total. The summed E-state index contributed by atoms with van der Waals surface area (Å²) in [6.07, 6.45) is 5.62. The highest BCUT2D eigenvalue weighted by atomic mass is 19.1. The van der Waals surface area contributed by atoms with Crippen molar-refractivity contribution >= 4 is 5.91 Å². The highest BCUT2D eigenvalue weighted by molar-refractivity contribution is 5.77. The van der Waals surface area contributed by atoms with Crippen LogP contribution < -0.4 is 4.74 Å². The van der Waals surface area contributed by atoms with E-state index in [4.69, 9.17) is 4.74 Å². The van der Waals surface area contributed by atoms with Crippen LogP contribution in [0.2, 0.25) is 0 Å². The molecule has 0 saturated carbocycles. The van der Waals surface area contributed by atoms with Gasteiger partial charge in [-0.1, -0.05) is 36.4 Å². The Labute approximate surface area is 182 Å². The minimum atomic E-state index is -0.228. The fourth-order valence-corrected chi connectivity index (χ4v) is 4.24. The van der Waals surface area contributed by atoms with E-state index in [0.29, 0.717) is 19.3 Å². The van der Waals surface area contributed by atoms with E-state index in [-0.39, 0.29) is 17.8 Å². The van der Waals surface area contributed by atoms with Crippen molar-refractivity contribution in [1.82, 2.24) is 9.88 Å². The van der Waals surface area contributed by atoms with Gasteiger partial charge in [-0.2, -0.15) is 0 Å². The van der Waals surface area contributed by atoms with Crippen LogP contribution in [-0.4, -0.2) is 29.4 Å². The Balaban J connectivity index is 1.39. The van der Waals surface area contributed by atoms with Gasteiger partial charge >= 0.3 is 0 Å². The number of carbonyl (C=O) groups excluding carboxylic acids is 1. The summed E-state index contributed by atoms with van der Waals surface area (Å²) in [7, 11) is 1.66. The average molecular weight is 419 g/mol. The van der Waals surface area contributed by atoms with E-state index >= 15 is 0 Å². The predicted molar refractivity (Wildman–Crippen MR) is 118 cm³/mol. The van der Waals surface area contributed by atoms with E-state index in [2.05, 4.69) is 11.1 Å². The first-order chi connectivity index (χ1) is 15.1. The van der Waals surface area contributed by atoms with E-state index in [9.17, 15) is 9.18 Å². The standard InChI is InChI=1S/C26H27FN2O2/c1-31-25-7-3-2-5-21(25)11-15-26(30)29-16-4-6-24(29)23-14-10-20(18-28-23)17-19-8-12-22(27)13-9-19/h2-3,5,7-10,12-14,18,24H,4,6,11,15-17H2,1H3/t24-/m1/s1. The van der Waals surface area contributed by atoms with Crippen molar-refractivity contribution in [2.45, 2.75) is 38.1 Å². The molecule has 1 atom stereocenters. The number of para-hydroxylation sites is 1. The zero-order valence-corrected chi connectivity index (χ0v) is 17.8. The number of pyridine rings is 1. The SMILES string of the molecule is COc1ccccc1CCC(=O)N1CCC[C@@H]1c1ccc(Cc2ccc(F)cc2)cn1. The smallest absolute Gasteiger partial charge is 0.223 e. The summed E-state index contributed by atoms with van der Waals surface area (Å²) in [6, 6.07) is 18.5. The van der Waals surface area contributed by atoms with Crippen molar-refractivity contribution in [2.24, 2.45) is 0 Å². The van der Waals surface area contributed by atoms with Crippen molar-refractivity contribution in [2.75, 3.05) is 13.7 Å². The Morgan fingerprint density at radius 2 is 1.87 bits per heavy atom. The second kappa shape index (κ2) is 9.73. The molecule has 1 saturated heterocycles. The molecule has 1 aliphatic heterocycles. The van der Waals surface area contributed by atoms with Gasteiger partial charge in [0.05, 0.1) is 18.8 Å². The van der Waals surface area contributed by atoms with Crippen molar-refractivity contribution < 1.29 is 13.9 Å². The predicted octanol–water partition coefficient (Wildman–Crippen LogP) is 5.12. The van der Waals surface area contributed by atoms with Gasteiger partial charge in [0.25, 0.3) is 0 Å². The number of amides is 1. The van der Waals surface area contributed by atoms with Crippen molar-refractivity contribution in [3.05, 3.63) is 95.1 Å². The van der Waals surface area contributed by atoms with Gasteiger partial charge in [-0.25, -0.2) is 4.39 Å². The van der Waals surface area contributed by atoms with Gasteiger partial charge in [0, 0.05) is 19.2 Å². The first-order valence-corrected chi connectivity index (χ1v) is 10.7. The number of nitrogens with zero attached hydrogens (tertiary/aromatic N) is 2. The van der Waals surface area contributed by atoms with Crippen LogP contribution in [0, 0.1) is 5.82 Å². The maximum Gasteiger partial charge on any atom is 0.223 e. The molecule has 0 unspecified atom stereocenters. The Morgan fingerprint density at radius 3 is 2.61 bits per heavy atom. The normalized spacial score (nSPS) is 15.8. The van der Waals surface area contributed by atoms with Crippen molar-refractivity contribution in [3.63, 3.8) is 0 Å². The highest BCUT2D eigenvalue weighted by Crippen LogP contribution is 2.32. The summed E-state index contributed by atoms with van der Waals surface area (Å²) in [5.74, 6) is 0.756. The summed E-state index contributed by atoms with van der Waals surface area (Å²) in [4.78, 5) is 19.6. The Bertz CT molecular complexity index is 1020. The molecule has 0 bridgehead atoms. The molecule has 1 aliphatic rings. The maximum absolute atomic E-state index is 13.1. The van der Waals surface area contributed by atoms with Crippen LogP contribution in [-0.2, 0) is 17.6 Å². The molecule has 31 heavy (non-hydrogen) atoms. The molecule has 2 aromatic carbocycles. The molecule has 1 aromatic heterocycles. The van der Waals surface area contributed by atoms with Crippen LogP contribution in [0.1, 0.15) is 47.7 Å². The number of carbonyl (C=O) groups is 1. The third kappa shape index (κ3) is 5.10. The van der Waals surface area contributed by atoms with Gasteiger partial charge in [-0.05, 0) is 66.6 Å². The molecule has 0 radical (unpaired) electrons. The fraction of sp³-hybridized carbons (Fsp3) is 0.308. The van der Waals surface area contributed by atoms with E-state index in [1.807, 2.05) is 41.4 Å². The molecule has 4 rings (SSSR count). The van der Waals surface area contributed by atoms with Crippen LogP contribution in [0.25, 0.3) is 0 Å². The molecule has 0 aliphatic carbocycles. The van der Waals surface area contributed by atoms with E-state index in [1.54, 1.807) is 19.2 Å². The zero-order chi connectivity index (χ0) is 21.6. The molecule has 1 fully saturated rings. The van der Waals surface area contributed by atoms with Crippen molar-refractivity contribution in [3.8, 4) is 5.75 Å². The van der Waals surface area contributed by atoms with Crippen LogP contribution >= 0.6 is 0 Å². The second-order valence-electron chi connectivity index (χ2n) is 7.95. The van der Waals surface area contributed by atoms with E-state index in [0.717, 1.165) is 47.5 Å². The van der Waals surface area contributed by atoms with E-state index in [1.165, 1.54) is 12.1 Å². The third-order valence-electron chi connectivity index (χ3n) is 5.88. The lowest BCUT2D eigenvalue weighted by atomic mass is 10.0. The number of halogens is 1.